The van der Waals surface area contributed by atoms with Gasteiger partial charge in [-0.15, -0.1) is 11.3 Å². The number of anilines is 3. The lowest BCUT2D eigenvalue weighted by Gasteiger charge is -2.18. The third kappa shape index (κ3) is 5.25. The van der Waals surface area contributed by atoms with Crippen LogP contribution in [0.15, 0.2) is 78.4 Å². The van der Waals surface area contributed by atoms with Gasteiger partial charge in [0, 0.05) is 29.7 Å². The van der Waals surface area contributed by atoms with E-state index in [-0.39, 0.29) is 0 Å². The van der Waals surface area contributed by atoms with Crippen LogP contribution in [0.1, 0.15) is 21.5 Å². The fourth-order valence-electron chi connectivity index (χ4n) is 4.52. The smallest absolute Gasteiger partial charge is 0.261 e. The van der Waals surface area contributed by atoms with Crippen LogP contribution in [-0.4, -0.2) is 27.4 Å². The highest BCUT2D eigenvalue weighted by Gasteiger charge is 2.18. The van der Waals surface area contributed by atoms with E-state index in [1.54, 1.807) is 29.9 Å². The van der Waals surface area contributed by atoms with Gasteiger partial charge in [0.25, 0.3) is 5.91 Å². The molecule has 39 heavy (non-hydrogen) atoms. The largest absolute Gasteiger partial charge is 0.324 e. The van der Waals surface area contributed by atoms with Crippen LogP contribution in [0.2, 0.25) is 0 Å². The van der Waals surface area contributed by atoms with Gasteiger partial charge in [-0.25, -0.2) is 23.7 Å². The Kier molecular flexibility index (Phi) is 6.78. The van der Waals surface area contributed by atoms with Crippen molar-refractivity contribution in [2.45, 2.75) is 13.0 Å². The lowest BCUT2D eigenvalue weighted by atomic mass is 10.0. The molecule has 0 saturated heterocycles. The molecular weight excluding hydrogens is 518 g/mol. The maximum absolute atomic E-state index is 14.1. The number of hydrogen-bond acceptors (Lipinski definition) is 7. The molecule has 3 heterocycles. The number of carbonyl (C=O) groups is 1. The van der Waals surface area contributed by atoms with E-state index in [0.717, 1.165) is 42.2 Å². The van der Waals surface area contributed by atoms with Crippen LogP contribution in [0, 0.1) is 11.6 Å². The molecule has 194 valence electrons. The monoisotopic (exact) mass is 540 g/mol. The van der Waals surface area contributed by atoms with E-state index in [9.17, 15) is 13.6 Å². The molecule has 0 atom stereocenters. The van der Waals surface area contributed by atoms with Gasteiger partial charge in [-0.05, 0) is 66.6 Å². The van der Waals surface area contributed by atoms with Crippen molar-refractivity contribution in [3.05, 3.63) is 107 Å². The van der Waals surface area contributed by atoms with Gasteiger partial charge < -0.3 is 16.0 Å². The predicted molar refractivity (Wildman–Crippen MR) is 148 cm³/mol. The van der Waals surface area contributed by atoms with E-state index < -0.39 is 23.1 Å². The number of halogens is 2. The van der Waals surface area contributed by atoms with Crippen LogP contribution in [0.4, 0.5) is 26.1 Å². The molecule has 0 bridgehead atoms. The molecular formula is C29H22F2N6OS. The zero-order valence-electron chi connectivity index (χ0n) is 20.5. The molecule has 3 aromatic carbocycles. The Labute approximate surface area is 227 Å². The molecule has 0 saturated carbocycles. The first kappa shape index (κ1) is 24.8. The molecule has 0 fully saturated rings. The van der Waals surface area contributed by atoms with Gasteiger partial charge in [-0.2, -0.15) is 0 Å². The minimum Gasteiger partial charge on any atom is -0.324 e. The molecule has 2 aromatic heterocycles. The second kappa shape index (κ2) is 10.7. The number of carbonyl (C=O) groups excluding carboxylic acids is 1. The van der Waals surface area contributed by atoms with Gasteiger partial charge in [-0.3, -0.25) is 4.79 Å². The molecule has 1 aliphatic heterocycles. The number of hydrogen-bond donors (Lipinski definition) is 3. The molecule has 1 aliphatic rings. The molecule has 0 unspecified atom stereocenters. The third-order valence-electron chi connectivity index (χ3n) is 6.39. The van der Waals surface area contributed by atoms with E-state index in [2.05, 4.69) is 38.1 Å². The van der Waals surface area contributed by atoms with Crippen LogP contribution < -0.4 is 16.0 Å². The number of benzene rings is 3. The second-order valence-corrected chi connectivity index (χ2v) is 9.82. The first-order chi connectivity index (χ1) is 19.0. The van der Waals surface area contributed by atoms with Crippen LogP contribution >= 0.6 is 11.3 Å². The lowest BCUT2D eigenvalue weighted by Crippen LogP contribution is -2.23. The highest BCUT2D eigenvalue weighted by molar-refractivity contribution is 7.13. The van der Waals surface area contributed by atoms with E-state index in [4.69, 9.17) is 4.98 Å². The molecule has 5 aromatic rings. The highest BCUT2D eigenvalue weighted by atomic mass is 32.1. The van der Waals surface area contributed by atoms with Crippen molar-refractivity contribution in [1.82, 2.24) is 20.3 Å². The van der Waals surface area contributed by atoms with E-state index in [0.29, 0.717) is 28.6 Å². The first-order valence-corrected chi connectivity index (χ1v) is 13.2. The number of rotatable bonds is 6. The summed E-state index contributed by atoms with van der Waals surface area (Å²) in [6.45, 7) is 1.83. The van der Waals surface area contributed by atoms with Crippen LogP contribution in [0.5, 0.6) is 0 Å². The molecule has 0 aliphatic carbocycles. The topological polar surface area (TPSA) is 91.8 Å². The number of nitrogens with one attached hydrogen (secondary N) is 3. The van der Waals surface area contributed by atoms with Crippen molar-refractivity contribution in [1.29, 1.82) is 0 Å². The Morgan fingerprint density at radius 1 is 0.923 bits per heavy atom. The number of aromatic nitrogens is 3. The maximum Gasteiger partial charge on any atom is 0.261 e. The number of amides is 1. The van der Waals surface area contributed by atoms with Crippen molar-refractivity contribution in [3.8, 4) is 21.8 Å². The number of thiazole rings is 1. The van der Waals surface area contributed by atoms with Crippen molar-refractivity contribution < 1.29 is 13.6 Å². The molecule has 3 N–H and O–H groups in total. The van der Waals surface area contributed by atoms with E-state index >= 15 is 0 Å². The van der Waals surface area contributed by atoms with Gasteiger partial charge in [0.05, 0.1) is 21.8 Å². The minimum absolute atomic E-state index is 0.381. The molecule has 0 radical (unpaired) electrons. The Morgan fingerprint density at radius 3 is 2.64 bits per heavy atom. The molecule has 10 heteroatoms. The van der Waals surface area contributed by atoms with Gasteiger partial charge in [0.15, 0.2) is 0 Å². The first-order valence-electron chi connectivity index (χ1n) is 12.3. The molecule has 1 amide bonds. The van der Waals surface area contributed by atoms with Crippen molar-refractivity contribution >= 4 is 34.6 Å². The molecule has 0 spiro atoms. The van der Waals surface area contributed by atoms with Crippen LogP contribution in [0.3, 0.4) is 0 Å². The Hall–Kier alpha value is -4.54. The summed E-state index contributed by atoms with van der Waals surface area (Å²) in [6, 6.07) is 18.3. The average Bonchev–Trinajstić information content (AvgIpc) is 3.44. The summed E-state index contributed by atoms with van der Waals surface area (Å²) >= 11 is 1.43. The van der Waals surface area contributed by atoms with Crippen molar-refractivity contribution in [2.75, 3.05) is 17.2 Å². The summed E-state index contributed by atoms with van der Waals surface area (Å²) in [7, 11) is 0. The number of fused-ring (bicyclic) bond motifs is 1. The summed E-state index contributed by atoms with van der Waals surface area (Å²) < 4.78 is 28.1. The summed E-state index contributed by atoms with van der Waals surface area (Å²) in [5.41, 5.74) is 7.06. The third-order valence-corrected chi connectivity index (χ3v) is 7.24. The summed E-state index contributed by atoms with van der Waals surface area (Å²) in [4.78, 5) is 27.0. The zero-order valence-corrected chi connectivity index (χ0v) is 21.4. The van der Waals surface area contributed by atoms with E-state index in [1.807, 2.05) is 18.2 Å². The average molecular weight is 541 g/mol. The quantitative estimate of drug-likeness (QED) is 0.238. The van der Waals surface area contributed by atoms with Crippen LogP contribution in [-0.2, 0) is 13.0 Å². The van der Waals surface area contributed by atoms with Crippen molar-refractivity contribution in [3.63, 3.8) is 0 Å². The second-order valence-electron chi connectivity index (χ2n) is 8.96. The highest BCUT2D eigenvalue weighted by Crippen LogP contribution is 2.35. The Bertz CT molecular complexity index is 1670. The van der Waals surface area contributed by atoms with Gasteiger partial charge >= 0.3 is 0 Å². The zero-order chi connectivity index (χ0) is 26.8. The number of nitrogens with zero attached hydrogens (tertiary/aromatic N) is 3. The van der Waals surface area contributed by atoms with Crippen LogP contribution in [0.25, 0.3) is 21.8 Å². The standard InChI is InChI=1S/C29H22F2N6OS/c30-22-5-2-6-23(31)25(22)28(38)35-20-4-1-3-18(13-20)26-27(39-16-34-26)24-10-12-33-29(37-24)36-21-8-7-17-9-11-32-15-19(17)14-21/h1-8,10,12-14,16,32H,9,11,15H2,(H,35,38)(H,33,36,37). The summed E-state index contributed by atoms with van der Waals surface area (Å²) in [5.74, 6) is -2.26. The van der Waals surface area contributed by atoms with Gasteiger partial charge in [0.2, 0.25) is 5.95 Å². The fraction of sp³-hybridized carbons (Fsp3) is 0.103. The SMILES string of the molecule is O=C(Nc1cccc(-c2ncsc2-c2ccnc(Nc3ccc4c(c3)CNCC4)n2)c1)c1c(F)cccc1F. The minimum atomic E-state index is -0.925. The fourth-order valence-corrected chi connectivity index (χ4v) is 5.30. The van der Waals surface area contributed by atoms with Crippen molar-refractivity contribution in [2.24, 2.45) is 0 Å². The van der Waals surface area contributed by atoms with Gasteiger partial charge in [-0.1, -0.05) is 24.3 Å². The summed E-state index contributed by atoms with van der Waals surface area (Å²) in [6.07, 6.45) is 2.70. The van der Waals surface area contributed by atoms with E-state index in [1.165, 1.54) is 28.5 Å². The summed E-state index contributed by atoms with van der Waals surface area (Å²) in [5, 5.41) is 9.26. The maximum atomic E-state index is 14.1. The lowest BCUT2D eigenvalue weighted by molar-refractivity contribution is 0.101. The Balaban J connectivity index is 1.25. The molecule has 6 rings (SSSR count). The Morgan fingerprint density at radius 2 is 1.77 bits per heavy atom. The van der Waals surface area contributed by atoms with Gasteiger partial charge in [0.1, 0.15) is 17.2 Å². The normalized spacial score (nSPS) is 12.6. The predicted octanol–water partition coefficient (Wildman–Crippen LogP) is 6.19. The molecule has 7 nitrogen and oxygen atoms in total.